The van der Waals surface area contributed by atoms with Gasteiger partial charge in [-0.1, -0.05) is 72.8 Å². The third-order valence-corrected chi connectivity index (χ3v) is 3.53. The van der Waals surface area contributed by atoms with E-state index >= 15 is 0 Å². The second-order valence-electron chi connectivity index (χ2n) is 5.35. The van der Waals surface area contributed by atoms with Crippen molar-refractivity contribution in [2.75, 3.05) is 0 Å². The molecule has 0 radical (unpaired) electrons. The molecule has 0 saturated heterocycles. The SMILES string of the molecule is O=C(/C(=N/N=C/c1cccc(O)c1)c1ccccc1)c1ccccc1. The number of carbonyl (C=O) groups is 1. The van der Waals surface area contributed by atoms with E-state index in [1.54, 1.807) is 36.4 Å². The van der Waals surface area contributed by atoms with Crippen LogP contribution in [0.1, 0.15) is 21.5 Å². The van der Waals surface area contributed by atoms with Crippen LogP contribution in [-0.2, 0) is 0 Å². The fourth-order valence-electron chi connectivity index (χ4n) is 2.31. The number of rotatable bonds is 5. The molecular weight excluding hydrogens is 312 g/mol. The number of phenols is 1. The van der Waals surface area contributed by atoms with Gasteiger partial charge in [0.2, 0.25) is 5.78 Å². The molecule has 0 fully saturated rings. The molecule has 0 spiro atoms. The summed E-state index contributed by atoms with van der Waals surface area (Å²) < 4.78 is 0. The Morgan fingerprint density at radius 2 is 1.44 bits per heavy atom. The average Bonchev–Trinajstić information content (AvgIpc) is 2.66. The summed E-state index contributed by atoms with van der Waals surface area (Å²) in [5.41, 5.74) is 2.22. The molecule has 3 aromatic rings. The molecule has 0 aromatic heterocycles. The molecule has 0 atom stereocenters. The Morgan fingerprint density at radius 3 is 2.08 bits per heavy atom. The Morgan fingerprint density at radius 1 is 0.800 bits per heavy atom. The van der Waals surface area contributed by atoms with Gasteiger partial charge in [-0.3, -0.25) is 4.79 Å². The third kappa shape index (κ3) is 4.26. The van der Waals surface area contributed by atoms with E-state index in [1.165, 1.54) is 6.21 Å². The maximum absolute atomic E-state index is 12.8. The molecule has 122 valence electrons. The number of Topliss-reactive ketones (excluding diaryl/α,β-unsaturated/α-hetero) is 1. The van der Waals surface area contributed by atoms with Crippen LogP contribution >= 0.6 is 0 Å². The summed E-state index contributed by atoms with van der Waals surface area (Å²) in [6.45, 7) is 0. The highest BCUT2D eigenvalue weighted by molar-refractivity contribution is 6.51. The number of hydrogen-bond acceptors (Lipinski definition) is 4. The predicted molar refractivity (Wildman–Crippen MR) is 99.5 cm³/mol. The molecule has 3 aromatic carbocycles. The first-order valence-electron chi connectivity index (χ1n) is 7.79. The monoisotopic (exact) mass is 328 g/mol. The first-order valence-corrected chi connectivity index (χ1v) is 7.79. The van der Waals surface area contributed by atoms with Gasteiger partial charge in [0.1, 0.15) is 11.5 Å². The maximum Gasteiger partial charge on any atom is 0.213 e. The smallest absolute Gasteiger partial charge is 0.213 e. The van der Waals surface area contributed by atoms with Crippen LogP contribution in [0.5, 0.6) is 5.75 Å². The van der Waals surface area contributed by atoms with Crippen LogP contribution in [0, 0.1) is 0 Å². The zero-order chi connectivity index (χ0) is 17.5. The highest BCUT2D eigenvalue weighted by atomic mass is 16.3. The highest BCUT2D eigenvalue weighted by Gasteiger charge is 2.15. The van der Waals surface area contributed by atoms with E-state index < -0.39 is 0 Å². The quantitative estimate of drug-likeness (QED) is 0.435. The van der Waals surface area contributed by atoms with Crippen molar-refractivity contribution >= 4 is 17.7 Å². The van der Waals surface area contributed by atoms with Crippen molar-refractivity contribution in [3.63, 3.8) is 0 Å². The van der Waals surface area contributed by atoms with Crippen molar-refractivity contribution in [1.29, 1.82) is 0 Å². The van der Waals surface area contributed by atoms with Gasteiger partial charge < -0.3 is 5.11 Å². The fraction of sp³-hybridized carbons (Fsp3) is 0. The number of carbonyl (C=O) groups excluding carboxylic acids is 1. The Hall–Kier alpha value is -3.53. The Kier molecular flexibility index (Phi) is 5.12. The number of ketones is 1. The summed E-state index contributed by atoms with van der Waals surface area (Å²) in [6, 6.07) is 24.9. The molecule has 1 N–H and O–H groups in total. The first kappa shape index (κ1) is 16.3. The lowest BCUT2D eigenvalue weighted by Gasteiger charge is -2.04. The lowest BCUT2D eigenvalue weighted by Crippen LogP contribution is -2.15. The van der Waals surface area contributed by atoms with Gasteiger partial charge in [-0.25, -0.2) is 0 Å². The standard InChI is InChI=1S/C21H16N2O2/c24-19-13-7-8-16(14-19)15-22-23-20(17-9-3-1-4-10-17)21(25)18-11-5-2-6-12-18/h1-15,24H/b22-15+,23-20+. The van der Waals surface area contributed by atoms with Gasteiger partial charge in [0, 0.05) is 11.1 Å². The first-order chi connectivity index (χ1) is 12.2. The minimum absolute atomic E-state index is 0.150. The van der Waals surface area contributed by atoms with Crippen LogP contribution < -0.4 is 0 Å². The molecular formula is C21H16N2O2. The summed E-state index contributed by atoms with van der Waals surface area (Å²) in [7, 11) is 0. The molecule has 0 aliphatic rings. The molecule has 3 rings (SSSR count). The summed E-state index contributed by atoms with van der Waals surface area (Å²) in [5, 5.41) is 17.7. The zero-order valence-corrected chi connectivity index (χ0v) is 13.4. The van der Waals surface area contributed by atoms with Gasteiger partial charge in [-0.15, -0.1) is 5.10 Å². The van der Waals surface area contributed by atoms with Crippen molar-refractivity contribution in [3.8, 4) is 5.75 Å². The van der Waals surface area contributed by atoms with E-state index in [-0.39, 0.29) is 17.2 Å². The van der Waals surface area contributed by atoms with Crippen LogP contribution in [0.4, 0.5) is 0 Å². The zero-order valence-electron chi connectivity index (χ0n) is 13.4. The molecule has 0 bridgehead atoms. The minimum Gasteiger partial charge on any atom is -0.508 e. The number of nitrogens with zero attached hydrogens (tertiary/aromatic N) is 2. The van der Waals surface area contributed by atoms with Gasteiger partial charge in [0.05, 0.1) is 6.21 Å². The Labute approximate surface area is 145 Å². The number of aromatic hydroxyl groups is 1. The lowest BCUT2D eigenvalue weighted by molar-refractivity contribution is 0.106. The van der Waals surface area contributed by atoms with Gasteiger partial charge in [-0.05, 0) is 17.7 Å². The summed E-state index contributed by atoms with van der Waals surface area (Å²) in [4.78, 5) is 12.8. The molecule has 25 heavy (non-hydrogen) atoms. The number of phenolic OH excluding ortho intramolecular Hbond substituents is 1. The van der Waals surface area contributed by atoms with E-state index in [1.807, 2.05) is 48.5 Å². The van der Waals surface area contributed by atoms with E-state index in [2.05, 4.69) is 10.2 Å². The van der Waals surface area contributed by atoms with Crippen molar-refractivity contribution in [2.45, 2.75) is 0 Å². The van der Waals surface area contributed by atoms with Crippen LogP contribution in [0.15, 0.2) is 95.1 Å². The van der Waals surface area contributed by atoms with Gasteiger partial charge in [0.25, 0.3) is 0 Å². The van der Waals surface area contributed by atoms with E-state index in [4.69, 9.17) is 0 Å². The summed E-state index contributed by atoms with van der Waals surface area (Å²) >= 11 is 0. The number of benzene rings is 3. The van der Waals surface area contributed by atoms with Gasteiger partial charge >= 0.3 is 0 Å². The van der Waals surface area contributed by atoms with Crippen molar-refractivity contribution < 1.29 is 9.90 Å². The lowest BCUT2D eigenvalue weighted by atomic mass is 10.0. The molecule has 0 aliphatic carbocycles. The fourth-order valence-corrected chi connectivity index (χ4v) is 2.31. The van der Waals surface area contributed by atoms with Crippen molar-refractivity contribution in [3.05, 3.63) is 102 Å². The largest absolute Gasteiger partial charge is 0.508 e. The molecule has 0 saturated carbocycles. The molecule has 0 heterocycles. The van der Waals surface area contributed by atoms with Crippen LogP contribution in [-0.4, -0.2) is 22.8 Å². The topological polar surface area (TPSA) is 62.0 Å². The second-order valence-corrected chi connectivity index (χ2v) is 5.35. The van der Waals surface area contributed by atoms with Crippen molar-refractivity contribution in [2.24, 2.45) is 10.2 Å². The predicted octanol–water partition coefficient (Wildman–Crippen LogP) is 4.10. The average molecular weight is 328 g/mol. The summed E-state index contributed by atoms with van der Waals surface area (Å²) in [6.07, 6.45) is 1.50. The minimum atomic E-state index is -0.195. The van der Waals surface area contributed by atoms with Crippen LogP contribution in [0.25, 0.3) is 0 Å². The molecule has 0 aliphatic heterocycles. The molecule has 0 unspecified atom stereocenters. The van der Waals surface area contributed by atoms with E-state index in [9.17, 15) is 9.90 Å². The molecule has 4 heteroatoms. The van der Waals surface area contributed by atoms with Crippen LogP contribution in [0.2, 0.25) is 0 Å². The number of hydrogen-bond donors (Lipinski definition) is 1. The third-order valence-electron chi connectivity index (χ3n) is 3.53. The second kappa shape index (κ2) is 7.84. The molecule has 4 nitrogen and oxygen atoms in total. The van der Waals surface area contributed by atoms with Crippen LogP contribution in [0.3, 0.4) is 0 Å². The van der Waals surface area contributed by atoms with E-state index in [0.29, 0.717) is 16.7 Å². The maximum atomic E-state index is 12.8. The van der Waals surface area contributed by atoms with Gasteiger partial charge in [0.15, 0.2) is 0 Å². The summed E-state index contributed by atoms with van der Waals surface area (Å²) in [5.74, 6) is -0.0450. The highest BCUT2D eigenvalue weighted by Crippen LogP contribution is 2.11. The normalized spacial score (nSPS) is 11.6. The van der Waals surface area contributed by atoms with Crippen molar-refractivity contribution in [1.82, 2.24) is 0 Å². The van der Waals surface area contributed by atoms with Gasteiger partial charge in [-0.2, -0.15) is 5.10 Å². The Balaban J connectivity index is 1.95. The Bertz CT molecular complexity index is 917. The van der Waals surface area contributed by atoms with E-state index in [0.717, 1.165) is 0 Å². The molecule has 0 amide bonds.